The number of methoxy groups -OCH3 is 1. The summed E-state index contributed by atoms with van der Waals surface area (Å²) in [6.07, 6.45) is 7.96. The molecule has 0 unspecified atom stereocenters. The Morgan fingerprint density at radius 1 is 1.48 bits per heavy atom. The third-order valence-electron chi connectivity index (χ3n) is 4.09. The maximum atomic E-state index is 5.40. The summed E-state index contributed by atoms with van der Waals surface area (Å²) in [4.78, 5) is 7.56. The van der Waals surface area contributed by atoms with Crippen LogP contribution in [-0.2, 0) is 4.74 Å². The lowest BCUT2D eigenvalue weighted by Crippen LogP contribution is -2.45. The maximum Gasteiger partial charge on any atom is 0.105 e. The zero-order valence-corrected chi connectivity index (χ0v) is 14.7. The highest BCUT2D eigenvalue weighted by Crippen LogP contribution is 2.28. The van der Waals surface area contributed by atoms with Gasteiger partial charge in [-0.25, -0.2) is 0 Å². The predicted octanol–water partition coefficient (Wildman–Crippen LogP) is 4.29. The molecule has 0 N–H and O–H groups in total. The van der Waals surface area contributed by atoms with E-state index in [0.717, 1.165) is 19.6 Å². The van der Waals surface area contributed by atoms with Crippen molar-refractivity contribution in [2.45, 2.75) is 71.9 Å². The first-order valence-corrected chi connectivity index (χ1v) is 8.40. The van der Waals surface area contributed by atoms with Crippen molar-refractivity contribution in [3.05, 3.63) is 12.7 Å². The van der Waals surface area contributed by atoms with Gasteiger partial charge in [0.2, 0.25) is 0 Å². The zero-order chi connectivity index (χ0) is 15.9. The van der Waals surface area contributed by atoms with Crippen LogP contribution in [0.25, 0.3) is 0 Å². The quantitative estimate of drug-likeness (QED) is 0.397. The van der Waals surface area contributed by atoms with Gasteiger partial charge in [0.1, 0.15) is 5.84 Å². The minimum absolute atomic E-state index is 0.0593. The molecule has 0 spiro atoms. The van der Waals surface area contributed by atoms with E-state index in [2.05, 4.69) is 39.2 Å². The Morgan fingerprint density at radius 2 is 2.19 bits per heavy atom. The molecule has 0 bridgehead atoms. The second-order valence-electron chi connectivity index (χ2n) is 7.09. The van der Waals surface area contributed by atoms with E-state index < -0.39 is 0 Å². The van der Waals surface area contributed by atoms with E-state index in [1.807, 2.05) is 6.08 Å². The topological polar surface area (TPSA) is 24.8 Å². The van der Waals surface area contributed by atoms with Gasteiger partial charge in [-0.15, -0.1) is 6.58 Å². The fourth-order valence-corrected chi connectivity index (χ4v) is 2.98. The van der Waals surface area contributed by atoms with Gasteiger partial charge in [0.05, 0.1) is 18.7 Å². The van der Waals surface area contributed by atoms with Crippen LogP contribution in [0.15, 0.2) is 17.6 Å². The molecule has 0 aromatic carbocycles. The normalized spacial score (nSPS) is 21.7. The van der Waals surface area contributed by atoms with Crippen LogP contribution in [0, 0.1) is 5.41 Å². The maximum absolute atomic E-state index is 5.40. The van der Waals surface area contributed by atoms with E-state index in [9.17, 15) is 0 Å². The molecule has 1 aliphatic rings. The molecular formula is C18H34N2O. The van der Waals surface area contributed by atoms with Crippen LogP contribution in [0.3, 0.4) is 0 Å². The average molecular weight is 294 g/mol. The van der Waals surface area contributed by atoms with Gasteiger partial charge in [0.15, 0.2) is 0 Å². The van der Waals surface area contributed by atoms with E-state index in [-0.39, 0.29) is 11.5 Å². The molecular weight excluding hydrogens is 260 g/mol. The average Bonchev–Trinajstić information content (AvgIpc) is 2.86. The molecule has 0 radical (unpaired) electrons. The highest BCUT2D eigenvalue weighted by molar-refractivity contribution is 5.88. The SMILES string of the molecule is C=C[C@@H](CCCC)N=C(N1CCC[C@H]1COC)C(C)(C)C. The van der Waals surface area contributed by atoms with Crippen molar-refractivity contribution in [3.8, 4) is 0 Å². The van der Waals surface area contributed by atoms with E-state index in [1.165, 1.54) is 31.5 Å². The molecule has 1 fully saturated rings. The number of ether oxygens (including phenoxy) is 1. The lowest BCUT2D eigenvalue weighted by molar-refractivity contribution is 0.141. The van der Waals surface area contributed by atoms with Gasteiger partial charge in [-0.1, -0.05) is 46.6 Å². The van der Waals surface area contributed by atoms with Crippen LogP contribution in [0.1, 0.15) is 59.8 Å². The van der Waals surface area contributed by atoms with E-state index in [0.29, 0.717) is 6.04 Å². The summed E-state index contributed by atoms with van der Waals surface area (Å²) < 4.78 is 5.40. The van der Waals surface area contributed by atoms with Crippen LogP contribution < -0.4 is 0 Å². The summed E-state index contributed by atoms with van der Waals surface area (Å²) in [7, 11) is 1.79. The van der Waals surface area contributed by atoms with Crippen LogP contribution in [0.5, 0.6) is 0 Å². The Morgan fingerprint density at radius 3 is 2.71 bits per heavy atom. The number of hydrogen-bond donors (Lipinski definition) is 0. The fraction of sp³-hybridized carbons (Fsp3) is 0.833. The first kappa shape index (κ1) is 18.2. The lowest BCUT2D eigenvalue weighted by atomic mass is 9.93. The highest BCUT2D eigenvalue weighted by atomic mass is 16.5. The second-order valence-corrected chi connectivity index (χ2v) is 7.09. The number of nitrogens with zero attached hydrogens (tertiary/aromatic N) is 2. The molecule has 1 aliphatic heterocycles. The Labute approximate surface area is 131 Å². The standard InChI is InChI=1S/C18H34N2O/c1-7-9-11-15(8-2)19-17(18(3,4)5)20-13-10-12-16(20)14-21-6/h8,15-16H,2,7,9-14H2,1,3-6H3/t15-,16-/m0/s1. The molecule has 3 heteroatoms. The molecule has 3 nitrogen and oxygen atoms in total. The molecule has 1 heterocycles. The van der Waals surface area contributed by atoms with Gasteiger partial charge in [-0.05, 0) is 19.3 Å². The van der Waals surface area contributed by atoms with Crippen molar-refractivity contribution in [1.82, 2.24) is 4.90 Å². The molecule has 21 heavy (non-hydrogen) atoms. The van der Waals surface area contributed by atoms with Gasteiger partial charge >= 0.3 is 0 Å². The summed E-state index contributed by atoms with van der Waals surface area (Å²) in [6.45, 7) is 14.9. The van der Waals surface area contributed by atoms with Gasteiger partial charge in [-0.3, -0.25) is 4.99 Å². The first-order valence-electron chi connectivity index (χ1n) is 8.40. The third-order valence-corrected chi connectivity index (χ3v) is 4.09. The van der Waals surface area contributed by atoms with Crippen molar-refractivity contribution in [2.75, 3.05) is 20.3 Å². The Hall–Kier alpha value is -0.830. The summed E-state index contributed by atoms with van der Waals surface area (Å²) in [6, 6.07) is 0.715. The van der Waals surface area contributed by atoms with Crippen molar-refractivity contribution in [1.29, 1.82) is 0 Å². The summed E-state index contributed by atoms with van der Waals surface area (Å²) in [5, 5.41) is 0. The number of rotatable bonds is 7. The van der Waals surface area contributed by atoms with Crippen molar-refractivity contribution in [3.63, 3.8) is 0 Å². The molecule has 122 valence electrons. The van der Waals surface area contributed by atoms with Gasteiger partial charge < -0.3 is 9.64 Å². The largest absolute Gasteiger partial charge is 0.383 e. The van der Waals surface area contributed by atoms with Crippen LogP contribution >= 0.6 is 0 Å². The third kappa shape index (κ3) is 5.46. The number of unbranched alkanes of at least 4 members (excludes halogenated alkanes) is 1. The number of likely N-dealkylation sites (tertiary alicyclic amines) is 1. The van der Waals surface area contributed by atoms with Crippen molar-refractivity contribution >= 4 is 5.84 Å². The molecule has 2 atom stereocenters. The highest BCUT2D eigenvalue weighted by Gasteiger charge is 2.33. The Bertz CT molecular complexity index is 344. The van der Waals surface area contributed by atoms with Crippen LogP contribution in [0.2, 0.25) is 0 Å². The molecule has 0 aromatic rings. The van der Waals surface area contributed by atoms with E-state index in [1.54, 1.807) is 7.11 Å². The molecule has 0 saturated carbocycles. The Balaban J connectivity index is 2.96. The molecule has 1 rings (SSSR count). The van der Waals surface area contributed by atoms with E-state index >= 15 is 0 Å². The summed E-state index contributed by atoms with van der Waals surface area (Å²) >= 11 is 0. The minimum atomic E-state index is 0.0593. The zero-order valence-electron chi connectivity index (χ0n) is 14.7. The predicted molar refractivity (Wildman–Crippen MR) is 92.0 cm³/mol. The smallest absolute Gasteiger partial charge is 0.105 e. The summed E-state index contributed by atoms with van der Waals surface area (Å²) in [5.41, 5.74) is 0.0593. The lowest BCUT2D eigenvalue weighted by Gasteiger charge is -2.35. The van der Waals surface area contributed by atoms with Crippen LogP contribution in [0.4, 0.5) is 0 Å². The molecule has 0 aromatic heterocycles. The second kappa shape index (κ2) is 8.57. The Kier molecular flexibility index (Phi) is 7.44. The number of amidine groups is 1. The van der Waals surface area contributed by atoms with Gasteiger partial charge in [-0.2, -0.15) is 0 Å². The monoisotopic (exact) mass is 294 g/mol. The van der Waals surface area contributed by atoms with Crippen molar-refractivity contribution < 1.29 is 4.74 Å². The molecule has 0 amide bonds. The van der Waals surface area contributed by atoms with Gasteiger partial charge in [0.25, 0.3) is 0 Å². The van der Waals surface area contributed by atoms with E-state index in [4.69, 9.17) is 9.73 Å². The number of hydrogen-bond acceptors (Lipinski definition) is 2. The van der Waals surface area contributed by atoms with Crippen LogP contribution in [-0.4, -0.2) is 43.1 Å². The molecule has 0 aliphatic carbocycles. The minimum Gasteiger partial charge on any atom is -0.383 e. The first-order chi connectivity index (χ1) is 9.93. The summed E-state index contributed by atoms with van der Waals surface area (Å²) in [5.74, 6) is 1.23. The molecule has 1 saturated heterocycles. The van der Waals surface area contributed by atoms with Gasteiger partial charge in [0, 0.05) is 19.1 Å². The van der Waals surface area contributed by atoms with Crippen molar-refractivity contribution in [2.24, 2.45) is 10.4 Å². The number of aliphatic imine (C=N–C) groups is 1. The fourth-order valence-electron chi connectivity index (χ4n) is 2.98.